The third-order valence-electron chi connectivity index (χ3n) is 3.25. The van der Waals surface area contributed by atoms with Crippen LogP contribution in [-0.4, -0.2) is 6.04 Å². The van der Waals surface area contributed by atoms with Gasteiger partial charge in [0.05, 0.1) is 11.6 Å². The van der Waals surface area contributed by atoms with Gasteiger partial charge < -0.3 is 10.5 Å². The van der Waals surface area contributed by atoms with Crippen molar-refractivity contribution in [3.05, 3.63) is 64.2 Å². The van der Waals surface area contributed by atoms with Crippen LogP contribution in [-0.2, 0) is 0 Å². The van der Waals surface area contributed by atoms with Gasteiger partial charge in [-0.15, -0.1) is 0 Å². The maximum absolute atomic E-state index is 9.00. The van der Waals surface area contributed by atoms with E-state index in [-0.39, 0.29) is 12.1 Å². The molecular weight excluding hydrogens is 284 g/mol. The molecule has 0 radical (unpaired) electrons. The second-order valence-corrected chi connectivity index (χ2v) is 5.48. The number of nitriles is 1. The lowest BCUT2D eigenvalue weighted by atomic mass is 10.0. The van der Waals surface area contributed by atoms with Crippen LogP contribution in [0, 0.1) is 18.3 Å². The summed E-state index contributed by atoms with van der Waals surface area (Å²) >= 11 is 5.91. The summed E-state index contributed by atoms with van der Waals surface area (Å²) in [4.78, 5) is 0. The molecule has 2 N–H and O–H groups in total. The fourth-order valence-corrected chi connectivity index (χ4v) is 2.19. The van der Waals surface area contributed by atoms with Gasteiger partial charge in [0.15, 0.2) is 0 Å². The monoisotopic (exact) mass is 300 g/mol. The molecule has 0 amide bonds. The molecule has 2 atom stereocenters. The van der Waals surface area contributed by atoms with Gasteiger partial charge in [-0.1, -0.05) is 29.8 Å². The van der Waals surface area contributed by atoms with Crippen molar-refractivity contribution in [1.82, 2.24) is 0 Å². The number of ether oxygens (including phenoxy) is 1. The minimum atomic E-state index is -0.296. The van der Waals surface area contributed by atoms with Gasteiger partial charge in [0.1, 0.15) is 11.9 Å². The van der Waals surface area contributed by atoms with Gasteiger partial charge in [0, 0.05) is 11.1 Å². The van der Waals surface area contributed by atoms with E-state index >= 15 is 0 Å². The van der Waals surface area contributed by atoms with E-state index in [0.29, 0.717) is 16.3 Å². The average Bonchev–Trinajstić information content (AvgIpc) is 2.47. The Balaban J connectivity index is 2.33. The lowest BCUT2D eigenvalue weighted by Crippen LogP contribution is -2.29. The average molecular weight is 301 g/mol. The van der Waals surface area contributed by atoms with Crippen LogP contribution >= 0.6 is 11.6 Å². The third kappa shape index (κ3) is 3.75. The predicted molar refractivity (Wildman–Crippen MR) is 84.4 cm³/mol. The van der Waals surface area contributed by atoms with E-state index in [2.05, 4.69) is 6.07 Å². The van der Waals surface area contributed by atoms with Crippen LogP contribution in [0.3, 0.4) is 0 Å². The normalized spacial score (nSPS) is 13.3. The van der Waals surface area contributed by atoms with E-state index in [0.717, 1.165) is 11.1 Å². The first-order valence-corrected chi connectivity index (χ1v) is 7.07. The van der Waals surface area contributed by atoms with E-state index in [4.69, 9.17) is 27.3 Å². The molecule has 0 heterocycles. The lowest BCUT2D eigenvalue weighted by Gasteiger charge is -2.24. The summed E-state index contributed by atoms with van der Waals surface area (Å²) in [6.45, 7) is 3.83. The molecule has 4 heteroatoms. The van der Waals surface area contributed by atoms with Crippen molar-refractivity contribution in [2.24, 2.45) is 5.73 Å². The zero-order valence-electron chi connectivity index (χ0n) is 12.0. The van der Waals surface area contributed by atoms with Gasteiger partial charge in [-0.2, -0.15) is 5.26 Å². The van der Waals surface area contributed by atoms with Crippen molar-refractivity contribution in [2.45, 2.75) is 26.0 Å². The fraction of sp³-hybridized carbons (Fsp3) is 0.235. The van der Waals surface area contributed by atoms with E-state index < -0.39 is 0 Å². The number of rotatable bonds is 4. The van der Waals surface area contributed by atoms with Crippen molar-refractivity contribution in [3.63, 3.8) is 0 Å². The number of hydrogen-bond acceptors (Lipinski definition) is 3. The van der Waals surface area contributed by atoms with Crippen LogP contribution in [0.1, 0.15) is 29.7 Å². The van der Waals surface area contributed by atoms with Crippen LogP contribution in [0.2, 0.25) is 5.02 Å². The second-order valence-electron chi connectivity index (χ2n) is 5.04. The van der Waals surface area contributed by atoms with Gasteiger partial charge in [0.2, 0.25) is 0 Å². The van der Waals surface area contributed by atoms with E-state index in [1.54, 1.807) is 12.1 Å². The Morgan fingerprint density at radius 1 is 1.19 bits per heavy atom. The number of aryl methyl sites for hydroxylation is 1. The smallest absolute Gasteiger partial charge is 0.138 e. The van der Waals surface area contributed by atoms with Crippen molar-refractivity contribution in [2.75, 3.05) is 0 Å². The quantitative estimate of drug-likeness (QED) is 0.929. The standard InChI is InChI=1S/C17H17ClN2O/c1-11-3-4-13(10-19)9-16(11)21-17(12(2)20)14-5-7-15(18)8-6-14/h3-9,12,17H,20H2,1-2H3. The van der Waals surface area contributed by atoms with Crippen LogP contribution in [0.25, 0.3) is 0 Å². The van der Waals surface area contributed by atoms with E-state index in [1.165, 1.54) is 0 Å². The highest BCUT2D eigenvalue weighted by Gasteiger charge is 2.19. The largest absolute Gasteiger partial charge is 0.484 e. The summed E-state index contributed by atoms with van der Waals surface area (Å²) in [7, 11) is 0. The third-order valence-corrected chi connectivity index (χ3v) is 3.50. The molecular formula is C17H17ClN2O. The number of nitrogens with two attached hydrogens (primary N) is 1. The molecule has 0 aliphatic carbocycles. The molecule has 21 heavy (non-hydrogen) atoms. The highest BCUT2D eigenvalue weighted by Crippen LogP contribution is 2.28. The summed E-state index contributed by atoms with van der Waals surface area (Å²) in [5, 5.41) is 9.67. The first-order chi connectivity index (χ1) is 10.0. The highest BCUT2D eigenvalue weighted by atomic mass is 35.5. The number of nitrogens with zero attached hydrogens (tertiary/aromatic N) is 1. The molecule has 0 aliphatic rings. The topological polar surface area (TPSA) is 59.0 Å². The minimum absolute atomic E-state index is 0.198. The molecule has 0 saturated carbocycles. The first-order valence-electron chi connectivity index (χ1n) is 6.69. The van der Waals surface area contributed by atoms with Crippen LogP contribution in [0.15, 0.2) is 42.5 Å². The van der Waals surface area contributed by atoms with Crippen molar-refractivity contribution in [3.8, 4) is 11.8 Å². The molecule has 0 spiro atoms. The molecule has 2 aromatic carbocycles. The zero-order valence-corrected chi connectivity index (χ0v) is 12.8. The molecule has 0 saturated heterocycles. The number of halogens is 1. The van der Waals surface area contributed by atoms with Crippen molar-refractivity contribution >= 4 is 11.6 Å². The van der Waals surface area contributed by atoms with Gasteiger partial charge in [-0.05, 0) is 49.2 Å². The van der Waals surface area contributed by atoms with E-state index in [9.17, 15) is 0 Å². The molecule has 108 valence electrons. The Hall–Kier alpha value is -2.02. The van der Waals surface area contributed by atoms with Crippen LogP contribution in [0.4, 0.5) is 0 Å². The number of benzene rings is 2. The van der Waals surface area contributed by atoms with Crippen molar-refractivity contribution < 1.29 is 4.74 Å². The van der Waals surface area contributed by atoms with Gasteiger partial charge >= 0.3 is 0 Å². The minimum Gasteiger partial charge on any atom is -0.484 e. The molecule has 0 fully saturated rings. The van der Waals surface area contributed by atoms with Crippen molar-refractivity contribution in [1.29, 1.82) is 5.26 Å². The first kappa shape index (κ1) is 15.4. The molecule has 2 unspecified atom stereocenters. The molecule has 0 aromatic heterocycles. The maximum atomic E-state index is 9.00. The molecule has 3 nitrogen and oxygen atoms in total. The Bertz CT molecular complexity index is 659. The Kier molecular flexibility index (Phi) is 4.85. The van der Waals surface area contributed by atoms with Crippen LogP contribution < -0.4 is 10.5 Å². The molecule has 2 aromatic rings. The summed E-state index contributed by atoms with van der Waals surface area (Å²) in [6.07, 6.45) is -0.296. The highest BCUT2D eigenvalue weighted by molar-refractivity contribution is 6.30. The lowest BCUT2D eigenvalue weighted by molar-refractivity contribution is 0.179. The van der Waals surface area contributed by atoms with E-state index in [1.807, 2.05) is 44.2 Å². The zero-order chi connectivity index (χ0) is 15.4. The summed E-state index contributed by atoms with van der Waals surface area (Å²) in [5.74, 6) is 0.673. The van der Waals surface area contributed by atoms with Gasteiger partial charge in [-0.25, -0.2) is 0 Å². The second kappa shape index (κ2) is 6.62. The van der Waals surface area contributed by atoms with Gasteiger partial charge in [-0.3, -0.25) is 0 Å². The SMILES string of the molecule is Cc1ccc(C#N)cc1OC(c1ccc(Cl)cc1)C(C)N. The fourth-order valence-electron chi connectivity index (χ4n) is 2.06. The molecule has 0 bridgehead atoms. The Labute approximate surface area is 129 Å². The van der Waals surface area contributed by atoms with Gasteiger partial charge in [0.25, 0.3) is 0 Å². The predicted octanol–water partition coefficient (Wildman–Crippen LogP) is 3.99. The Morgan fingerprint density at radius 3 is 2.43 bits per heavy atom. The van der Waals surface area contributed by atoms with Crippen LogP contribution in [0.5, 0.6) is 5.75 Å². The summed E-state index contributed by atoms with van der Waals surface area (Å²) in [6, 6.07) is 14.7. The number of hydrogen-bond donors (Lipinski definition) is 1. The molecule has 0 aliphatic heterocycles. The summed E-state index contributed by atoms with van der Waals surface area (Å²) < 4.78 is 6.06. The Morgan fingerprint density at radius 2 is 1.86 bits per heavy atom. The summed E-state index contributed by atoms with van der Waals surface area (Å²) in [5.41, 5.74) is 8.54. The maximum Gasteiger partial charge on any atom is 0.138 e. The molecule has 2 rings (SSSR count).